The number of rotatable bonds is 5. The monoisotopic (exact) mass is 246 g/mol. The molecule has 0 atom stereocenters. The Kier molecular flexibility index (Phi) is 3.96. The number of hydrogen-bond acceptors (Lipinski definition) is 4. The average Bonchev–Trinajstić information content (AvgIpc) is 2.88. The summed E-state index contributed by atoms with van der Waals surface area (Å²) in [5.74, 6) is 0.523. The molecule has 1 heterocycles. The molecular weight excluding hydrogens is 232 g/mol. The van der Waals surface area contributed by atoms with E-state index in [0.717, 1.165) is 5.56 Å². The molecule has 0 bridgehead atoms. The van der Waals surface area contributed by atoms with E-state index in [-0.39, 0.29) is 12.5 Å². The maximum Gasteiger partial charge on any atom is 0.258 e. The van der Waals surface area contributed by atoms with Gasteiger partial charge in [-0.2, -0.15) is 0 Å². The maximum absolute atomic E-state index is 11.5. The normalized spacial score (nSPS) is 10.1. The molecule has 1 aromatic heterocycles. The summed E-state index contributed by atoms with van der Waals surface area (Å²) in [6.07, 6.45) is 2.81. The number of benzene rings is 1. The van der Waals surface area contributed by atoms with Gasteiger partial charge in [-0.05, 0) is 18.6 Å². The summed E-state index contributed by atoms with van der Waals surface area (Å²) in [6.45, 7) is 2.26. The predicted molar refractivity (Wildman–Crippen MR) is 65.0 cm³/mol. The summed E-state index contributed by atoms with van der Waals surface area (Å²) in [4.78, 5) is 15.4. The quantitative estimate of drug-likeness (QED) is 0.871. The molecule has 0 radical (unpaired) electrons. The molecule has 94 valence electrons. The van der Waals surface area contributed by atoms with Crippen LogP contribution >= 0.6 is 0 Å². The Morgan fingerprint density at radius 2 is 2.28 bits per heavy atom. The zero-order valence-electron chi connectivity index (χ0n) is 10.1. The van der Waals surface area contributed by atoms with Crippen LogP contribution in [0.5, 0.6) is 5.75 Å². The van der Waals surface area contributed by atoms with Gasteiger partial charge in [0.2, 0.25) is 0 Å². The lowest BCUT2D eigenvalue weighted by Gasteiger charge is -2.08. The third-order valence-corrected chi connectivity index (χ3v) is 2.40. The SMILES string of the molecule is Cc1ccccc1OCC(=O)NCc1cocn1. The van der Waals surface area contributed by atoms with E-state index in [1.54, 1.807) is 0 Å². The summed E-state index contributed by atoms with van der Waals surface area (Å²) in [5.41, 5.74) is 1.68. The number of carbonyl (C=O) groups excluding carboxylic acids is 1. The highest BCUT2D eigenvalue weighted by Crippen LogP contribution is 2.15. The van der Waals surface area contributed by atoms with E-state index in [9.17, 15) is 4.79 Å². The van der Waals surface area contributed by atoms with Gasteiger partial charge in [0.25, 0.3) is 5.91 Å². The van der Waals surface area contributed by atoms with E-state index in [1.165, 1.54) is 12.7 Å². The molecule has 2 aromatic rings. The zero-order valence-corrected chi connectivity index (χ0v) is 10.1. The Morgan fingerprint density at radius 3 is 3.00 bits per heavy atom. The smallest absolute Gasteiger partial charge is 0.258 e. The van der Waals surface area contributed by atoms with E-state index >= 15 is 0 Å². The first-order valence-electron chi connectivity index (χ1n) is 5.58. The number of hydrogen-bond donors (Lipinski definition) is 1. The van der Waals surface area contributed by atoms with Crippen molar-refractivity contribution in [3.8, 4) is 5.75 Å². The van der Waals surface area contributed by atoms with Crippen molar-refractivity contribution in [2.24, 2.45) is 0 Å². The number of carbonyl (C=O) groups is 1. The number of para-hydroxylation sites is 1. The molecular formula is C13H14N2O3. The largest absolute Gasteiger partial charge is 0.484 e. The molecule has 0 spiro atoms. The molecule has 0 aliphatic carbocycles. The highest BCUT2D eigenvalue weighted by molar-refractivity contribution is 5.77. The van der Waals surface area contributed by atoms with Crippen molar-refractivity contribution in [2.45, 2.75) is 13.5 Å². The van der Waals surface area contributed by atoms with Crippen molar-refractivity contribution in [1.29, 1.82) is 0 Å². The van der Waals surface area contributed by atoms with Gasteiger partial charge in [-0.25, -0.2) is 4.98 Å². The Morgan fingerprint density at radius 1 is 1.44 bits per heavy atom. The van der Waals surface area contributed by atoms with Crippen LogP contribution in [0.25, 0.3) is 0 Å². The van der Waals surface area contributed by atoms with Crippen molar-refractivity contribution in [2.75, 3.05) is 6.61 Å². The molecule has 2 rings (SSSR count). The number of oxazole rings is 1. The first-order valence-corrected chi connectivity index (χ1v) is 5.58. The van der Waals surface area contributed by atoms with Gasteiger partial charge in [-0.1, -0.05) is 18.2 Å². The Labute approximate surface area is 105 Å². The number of aromatic nitrogens is 1. The summed E-state index contributed by atoms with van der Waals surface area (Å²) in [5, 5.41) is 2.69. The van der Waals surface area contributed by atoms with Crippen LogP contribution in [0.1, 0.15) is 11.3 Å². The van der Waals surface area contributed by atoms with Crippen molar-refractivity contribution < 1.29 is 13.9 Å². The van der Waals surface area contributed by atoms with E-state index in [0.29, 0.717) is 18.0 Å². The first kappa shape index (κ1) is 12.2. The molecule has 5 heteroatoms. The molecule has 1 aromatic carbocycles. The minimum absolute atomic E-state index is 0.0112. The lowest BCUT2D eigenvalue weighted by atomic mass is 10.2. The Bertz CT molecular complexity index is 509. The molecule has 0 fully saturated rings. The average molecular weight is 246 g/mol. The number of amides is 1. The summed E-state index contributed by atoms with van der Waals surface area (Å²) < 4.78 is 10.2. The van der Waals surface area contributed by atoms with Crippen LogP contribution in [0, 0.1) is 6.92 Å². The topological polar surface area (TPSA) is 64.4 Å². The van der Waals surface area contributed by atoms with Crippen molar-refractivity contribution in [3.63, 3.8) is 0 Å². The first-order chi connectivity index (χ1) is 8.75. The van der Waals surface area contributed by atoms with Crippen molar-refractivity contribution in [3.05, 3.63) is 48.2 Å². The van der Waals surface area contributed by atoms with Crippen LogP contribution in [0.4, 0.5) is 0 Å². The minimum Gasteiger partial charge on any atom is -0.484 e. The third-order valence-electron chi connectivity index (χ3n) is 2.40. The summed E-state index contributed by atoms with van der Waals surface area (Å²) in [6, 6.07) is 7.56. The molecule has 0 saturated heterocycles. The van der Waals surface area contributed by atoms with Gasteiger partial charge in [0.05, 0.1) is 12.2 Å². The molecule has 18 heavy (non-hydrogen) atoms. The fraction of sp³-hybridized carbons (Fsp3) is 0.231. The second-order valence-corrected chi connectivity index (χ2v) is 3.81. The lowest BCUT2D eigenvalue weighted by molar-refractivity contribution is -0.123. The lowest BCUT2D eigenvalue weighted by Crippen LogP contribution is -2.28. The van der Waals surface area contributed by atoms with Gasteiger partial charge in [-0.15, -0.1) is 0 Å². The number of nitrogens with one attached hydrogen (secondary N) is 1. The Hall–Kier alpha value is -2.30. The van der Waals surface area contributed by atoms with Gasteiger partial charge in [0.15, 0.2) is 13.0 Å². The van der Waals surface area contributed by atoms with Crippen LogP contribution in [-0.4, -0.2) is 17.5 Å². The van der Waals surface area contributed by atoms with Crippen LogP contribution in [-0.2, 0) is 11.3 Å². The van der Waals surface area contributed by atoms with Gasteiger partial charge in [-0.3, -0.25) is 4.79 Å². The highest BCUT2D eigenvalue weighted by atomic mass is 16.5. The highest BCUT2D eigenvalue weighted by Gasteiger charge is 2.05. The molecule has 0 saturated carbocycles. The summed E-state index contributed by atoms with van der Waals surface area (Å²) >= 11 is 0. The zero-order chi connectivity index (χ0) is 12.8. The number of aryl methyl sites for hydroxylation is 1. The van der Waals surface area contributed by atoms with Crippen LogP contribution < -0.4 is 10.1 Å². The predicted octanol–water partition coefficient (Wildman–Crippen LogP) is 1.68. The van der Waals surface area contributed by atoms with E-state index in [1.807, 2.05) is 31.2 Å². The molecule has 0 aliphatic rings. The number of ether oxygens (including phenoxy) is 1. The maximum atomic E-state index is 11.5. The molecule has 1 N–H and O–H groups in total. The third kappa shape index (κ3) is 3.35. The molecule has 0 unspecified atom stereocenters. The second kappa shape index (κ2) is 5.86. The van der Waals surface area contributed by atoms with Gasteiger partial charge in [0.1, 0.15) is 12.0 Å². The van der Waals surface area contributed by atoms with Gasteiger partial charge >= 0.3 is 0 Å². The van der Waals surface area contributed by atoms with E-state index < -0.39 is 0 Å². The Balaban J connectivity index is 1.77. The standard InChI is InChI=1S/C13H14N2O3/c1-10-4-2-3-5-12(10)18-8-13(16)14-6-11-7-17-9-15-11/h2-5,7,9H,6,8H2,1H3,(H,14,16). The van der Waals surface area contributed by atoms with E-state index in [2.05, 4.69) is 10.3 Å². The summed E-state index contributed by atoms with van der Waals surface area (Å²) in [7, 11) is 0. The minimum atomic E-state index is -0.193. The molecule has 1 amide bonds. The van der Waals surface area contributed by atoms with E-state index in [4.69, 9.17) is 9.15 Å². The van der Waals surface area contributed by atoms with Crippen LogP contribution in [0.15, 0.2) is 41.3 Å². The molecule has 5 nitrogen and oxygen atoms in total. The molecule has 0 aliphatic heterocycles. The second-order valence-electron chi connectivity index (χ2n) is 3.81. The van der Waals surface area contributed by atoms with Gasteiger partial charge in [0, 0.05) is 0 Å². The number of nitrogens with zero attached hydrogens (tertiary/aromatic N) is 1. The van der Waals surface area contributed by atoms with Gasteiger partial charge < -0.3 is 14.5 Å². The van der Waals surface area contributed by atoms with Crippen molar-refractivity contribution in [1.82, 2.24) is 10.3 Å². The van der Waals surface area contributed by atoms with Crippen LogP contribution in [0.3, 0.4) is 0 Å². The van der Waals surface area contributed by atoms with Crippen LogP contribution in [0.2, 0.25) is 0 Å². The fourth-order valence-corrected chi connectivity index (χ4v) is 1.43. The fourth-order valence-electron chi connectivity index (χ4n) is 1.43. The van der Waals surface area contributed by atoms with Crippen molar-refractivity contribution >= 4 is 5.91 Å².